The molecule has 0 fully saturated rings. The molecule has 0 amide bonds. The van der Waals surface area contributed by atoms with Crippen LogP contribution in [0.1, 0.15) is 42.6 Å². The first-order valence-electron chi connectivity index (χ1n) is 6.17. The molecule has 2 heterocycles. The Balaban J connectivity index is 2.32. The first kappa shape index (κ1) is 13.0. The number of rotatable bonds is 6. The van der Waals surface area contributed by atoms with Crippen molar-refractivity contribution in [2.24, 2.45) is 0 Å². The van der Waals surface area contributed by atoms with E-state index >= 15 is 0 Å². The molecule has 18 heavy (non-hydrogen) atoms. The minimum atomic E-state index is 0.0465. The maximum absolute atomic E-state index is 4.38. The molecule has 0 aromatic carbocycles. The van der Waals surface area contributed by atoms with Gasteiger partial charge in [0.2, 0.25) is 0 Å². The van der Waals surface area contributed by atoms with Gasteiger partial charge in [-0.1, -0.05) is 24.8 Å². The second-order valence-electron chi connectivity index (χ2n) is 3.95. The van der Waals surface area contributed by atoms with Crippen LogP contribution in [0.25, 0.3) is 0 Å². The molecule has 0 spiro atoms. The highest BCUT2D eigenvalue weighted by atomic mass is 32.1. The minimum absolute atomic E-state index is 0.0465. The zero-order valence-corrected chi connectivity index (χ0v) is 11.4. The van der Waals surface area contributed by atoms with Gasteiger partial charge in [0.15, 0.2) is 0 Å². The van der Waals surface area contributed by atoms with Crippen molar-refractivity contribution in [1.29, 1.82) is 0 Å². The third-order valence-electron chi connectivity index (χ3n) is 2.62. The molecule has 6 heteroatoms. The fourth-order valence-electron chi connectivity index (χ4n) is 1.84. The summed E-state index contributed by atoms with van der Waals surface area (Å²) >= 11 is 1.44. The Hall–Kier alpha value is -1.40. The van der Waals surface area contributed by atoms with Crippen molar-refractivity contribution in [2.75, 3.05) is 6.54 Å². The van der Waals surface area contributed by atoms with Crippen LogP contribution in [-0.4, -0.2) is 26.1 Å². The van der Waals surface area contributed by atoms with Crippen LogP contribution in [0.15, 0.2) is 18.6 Å². The smallest absolute Gasteiger partial charge is 0.0895 e. The molecule has 0 aliphatic heterocycles. The zero-order chi connectivity index (χ0) is 12.8. The molecule has 1 atom stereocenters. The highest BCUT2D eigenvalue weighted by Gasteiger charge is 2.21. The Kier molecular flexibility index (Phi) is 4.72. The quantitative estimate of drug-likeness (QED) is 0.863. The summed E-state index contributed by atoms with van der Waals surface area (Å²) in [5.41, 5.74) is 1.99. The number of hydrogen-bond acceptors (Lipinski definition) is 6. The van der Waals surface area contributed by atoms with Crippen LogP contribution < -0.4 is 5.32 Å². The van der Waals surface area contributed by atoms with Gasteiger partial charge >= 0.3 is 0 Å². The summed E-state index contributed by atoms with van der Waals surface area (Å²) < 4.78 is 4.07. The largest absolute Gasteiger partial charge is 0.304 e. The monoisotopic (exact) mass is 263 g/mol. The topological polar surface area (TPSA) is 63.6 Å². The van der Waals surface area contributed by atoms with Crippen molar-refractivity contribution in [3.8, 4) is 0 Å². The summed E-state index contributed by atoms with van der Waals surface area (Å²) in [7, 11) is 0. The number of nitrogens with one attached hydrogen (secondary N) is 1. The summed E-state index contributed by atoms with van der Waals surface area (Å²) in [6.07, 6.45) is 7.21. The van der Waals surface area contributed by atoms with E-state index in [1.165, 1.54) is 11.5 Å². The number of hydrogen-bond donors (Lipinski definition) is 1. The fourth-order valence-corrected chi connectivity index (χ4v) is 2.63. The molecular weight excluding hydrogens is 246 g/mol. The van der Waals surface area contributed by atoms with Crippen LogP contribution in [-0.2, 0) is 6.42 Å². The van der Waals surface area contributed by atoms with Gasteiger partial charge in [0.05, 0.1) is 28.5 Å². The van der Waals surface area contributed by atoms with E-state index in [9.17, 15) is 0 Å². The Bertz CT molecular complexity index is 470. The minimum Gasteiger partial charge on any atom is -0.304 e. The van der Waals surface area contributed by atoms with Crippen molar-refractivity contribution in [3.05, 3.63) is 34.9 Å². The van der Waals surface area contributed by atoms with Gasteiger partial charge in [-0.05, 0) is 24.5 Å². The van der Waals surface area contributed by atoms with Gasteiger partial charge in [-0.15, -0.1) is 5.10 Å². The SMILES string of the molecule is CCCc1nnsc1C(NCC)c1cnccn1. The molecule has 0 aliphatic rings. The lowest BCUT2D eigenvalue weighted by Crippen LogP contribution is -2.23. The second-order valence-corrected chi connectivity index (χ2v) is 4.74. The Labute approximate surface area is 111 Å². The van der Waals surface area contributed by atoms with Crippen LogP contribution in [0.2, 0.25) is 0 Å². The van der Waals surface area contributed by atoms with Crippen molar-refractivity contribution >= 4 is 11.5 Å². The zero-order valence-electron chi connectivity index (χ0n) is 10.6. The Morgan fingerprint density at radius 1 is 1.33 bits per heavy atom. The van der Waals surface area contributed by atoms with Gasteiger partial charge in [0.25, 0.3) is 0 Å². The second kappa shape index (κ2) is 6.51. The standard InChI is InChI=1S/C12H17N5S/c1-3-5-9-12(18-17-16-9)11(14-4-2)10-8-13-6-7-15-10/h6-8,11,14H,3-5H2,1-2H3. The maximum atomic E-state index is 4.38. The van der Waals surface area contributed by atoms with E-state index in [1.54, 1.807) is 18.6 Å². The molecule has 5 nitrogen and oxygen atoms in total. The van der Waals surface area contributed by atoms with E-state index in [0.29, 0.717) is 0 Å². The van der Waals surface area contributed by atoms with Crippen LogP contribution in [0.3, 0.4) is 0 Å². The molecule has 96 valence electrons. The molecule has 0 radical (unpaired) electrons. The highest BCUT2D eigenvalue weighted by Crippen LogP contribution is 2.26. The third-order valence-corrected chi connectivity index (χ3v) is 3.45. The van der Waals surface area contributed by atoms with E-state index in [4.69, 9.17) is 0 Å². The summed E-state index contributed by atoms with van der Waals surface area (Å²) in [4.78, 5) is 9.67. The van der Waals surface area contributed by atoms with Crippen LogP contribution in [0.5, 0.6) is 0 Å². The molecule has 0 bridgehead atoms. The average molecular weight is 263 g/mol. The average Bonchev–Trinajstić information content (AvgIpc) is 2.85. The maximum Gasteiger partial charge on any atom is 0.0895 e. The first-order chi connectivity index (χ1) is 8.86. The summed E-state index contributed by atoms with van der Waals surface area (Å²) in [6.45, 7) is 5.09. The van der Waals surface area contributed by atoms with E-state index in [-0.39, 0.29) is 6.04 Å². The lowest BCUT2D eigenvalue weighted by molar-refractivity contribution is 0.613. The van der Waals surface area contributed by atoms with Gasteiger partial charge in [-0.3, -0.25) is 9.97 Å². The normalized spacial score (nSPS) is 12.6. The molecular formula is C12H17N5S. The molecule has 0 saturated heterocycles. The predicted octanol–water partition coefficient (Wildman–Crippen LogP) is 1.98. The Morgan fingerprint density at radius 3 is 2.89 bits per heavy atom. The lowest BCUT2D eigenvalue weighted by atomic mass is 10.1. The van der Waals surface area contributed by atoms with Crippen LogP contribution in [0, 0.1) is 0 Å². The van der Waals surface area contributed by atoms with Gasteiger partial charge in [0, 0.05) is 12.4 Å². The molecule has 2 aromatic rings. The molecule has 0 aliphatic carbocycles. The van der Waals surface area contributed by atoms with Crippen molar-refractivity contribution in [3.63, 3.8) is 0 Å². The van der Waals surface area contributed by atoms with E-state index in [1.807, 2.05) is 0 Å². The molecule has 1 N–H and O–H groups in total. The molecule has 2 aromatic heterocycles. The Morgan fingerprint density at radius 2 is 2.22 bits per heavy atom. The summed E-state index contributed by atoms with van der Waals surface area (Å²) in [5.74, 6) is 0. The number of aromatic nitrogens is 4. The first-order valence-corrected chi connectivity index (χ1v) is 6.94. The van der Waals surface area contributed by atoms with Gasteiger partial charge in [0.1, 0.15) is 0 Å². The highest BCUT2D eigenvalue weighted by molar-refractivity contribution is 7.05. The predicted molar refractivity (Wildman–Crippen MR) is 71.5 cm³/mol. The van der Waals surface area contributed by atoms with Crippen molar-refractivity contribution < 1.29 is 0 Å². The number of aryl methyl sites for hydroxylation is 1. The van der Waals surface area contributed by atoms with E-state index in [2.05, 4.69) is 38.7 Å². The van der Waals surface area contributed by atoms with Crippen LogP contribution in [0.4, 0.5) is 0 Å². The van der Waals surface area contributed by atoms with Crippen molar-refractivity contribution in [2.45, 2.75) is 32.7 Å². The molecule has 2 rings (SSSR count). The number of nitrogens with zero attached hydrogens (tertiary/aromatic N) is 4. The molecule has 0 saturated carbocycles. The van der Waals surface area contributed by atoms with Crippen LogP contribution >= 0.6 is 11.5 Å². The van der Waals surface area contributed by atoms with Gasteiger partial charge < -0.3 is 5.32 Å². The van der Waals surface area contributed by atoms with E-state index < -0.39 is 0 Å². The van der Waals surface area contributed by atoms with Gasteiger partial charge in [-0.2, -0.15) is 0 Å². The third kappa shape index (κ3) is 2.88. The molecule has 1 unspecified atom stereocenters. The lowest BCUT2D eigenvalue weighted by Gasteiger charge is -2.15. The summed E-state index contributed by atoms with van der Waals surface area (Å²) in [5, 5.41) is 7.64. The fraction of sp³-hybridized carbons (Fsp3) is 0.500. The van der Waals surface area contributed by atoms with Crippen molar-refractivity contribution in [1.82, 2.24) is 24.9 Å². The van der Waals surface area contributed by atoms with E-state index in [0.717, 1.165) is 35.7 Å². The summed E-state index contributed by atoms with van der Waals surface area (Å²) in [6, 6.07) is 0.0465. The van der Waals surface area contributed by atoms with Gasteiger partial charge in [-0.25, -0.2) is 0 Å².